The van der Waals surface area contributed by atoms with Crippen LogP contribution in [0.1, 0.15) is 16.8 Å². The van der Waals surface area contributed by atoms with E-state index < -0.39 is 0 Å². The molecule has 2 aromatic carbocycles. The Kier molecular flexibility index (Phi) is 6.28. The molecule has 0 aliphatic heterocycles. The summed E-state index contributed by atoms with van der Waals surface area (Å²) in [4.78, 5) is 16.3. The molecule has 0 spiro atoms. The van der Waals surface area contributed by atoms with Gasteiger partial charge in [0.15, 0.2) is 0 Å². The summed E-state index contributed by atoms with van der Waals surface area (Å²) in [7, 11) is 0. The van der Waals surface area contributed by atoms with Gasteiger partial charge in [0.25, 0.3) is 0 Å². The number of carbonyl (C=O) groups excluding carboxylic acids is 1. The molecule has 0 unspecified atom stereocenters. The molecule has 0 bridgehead atoms. The van der Waals surface area contributed by atoms with Gasteiger partial charge in [-0.25, -0.2) is 4.79 Å². The third-order valence-electron chi connectivity index (χ3n) is 3.84. The highest BCUT2D eigenvalue weighted by atomic mass is 35.5. The molecule has 2 amide bonds. The number of halogens is 1. The lowest BCUT2D eigenvalue weighted by Gasteiger charge is -2.11. The number of ether oxygens (including phenoxy) is 1. The van der Waals surface area contributed by atoms with Crippen LogP contribution in [0.4, 0.5) is 10.5 Å². The molecule has 5 nitrogen and oxygen atoms in total. The number of urea groups is 1. The Morgan fingerprint density at radius 2 is 2.00 bits per heavy atom. The first-order valence-corrected chi connectivity index (χ1v) is 8.90. The van der Waals surface area contributed by atoms with E-state index in [4.69, 9.17) is 16.3 Å². The molecule has 1 heterocycles. The van der Waals surface area contributed by atoms with Crippen LogP contribution in [0.25, 0.3) is 0 Å². The summed E-state index contributed by atoms with van der Waals surface area (Å²) in [6.45, 7) is 2.71. The fraction of sp³-hybridized carbons (Fsp3) is 0.143. The van der Waals surface area contributed by atoms with E-state index in [-0.39, 0.29) is 6.03 Å². The lowest BCUT2D eigenvalue weighted by molar-refractivity contribution is 0.251. The predicted molar refractivity (Wildman–Crippen MR) is 107 cm³/mol. The molecule has 0 aliphatic carbocycles. The van der Waals surface area contributed by atoms with Crippen molar-refractivity contribution in [1.29, 1.82) is 0 Å². The second kappa shape index (κ2) is 9.05. The van der Waals surface area contributed by atoms with E-state index in [0.717, 1.165) is 22.6 Å². The number of amides is 2. The SMILES string of the molecule is Cc1ccc(NC(=O)NCc2cccc(OCc3ccccn3)c2)c(Cl)c1. The maximum atomic E-state index is 12.1. The van der Waals surface area contributed by atoms with Gasteiger partial charge >= 0.3 is 6.03 Å². The third kappa shape index (κ3) is 5.72. The highest BCUT2D eigenvalue weighted by molar-refractivity contribution is 6.33. The van der Waals surface area contributed by atoms with Gasteiger partial charge in [0.2, 0.25) is 0 Å². The van der Waals surface area contributed by atoms with E-state index >= 15 is 0 Å². The molecule has 2 N–H and O–H groups in total. The van der Waals surface area contributed by atoms with Crippen LogP contribution in [0, 0.1) is 6.92 Å². The number of hydrogen-bond acceptors (Lipinski definition) is 3. The Labute approximate surface area is 163 Å². The van der Waals surface area contributed by atoms with Gasteiger partial charge < -0.3 is 15.4 Å². The Balaban J connectivity index is 1.52. The van der Waals surface area contributed by atoms with E-state index in [9.17, 15) is 4.79 Å². The molecule has 27 heavy (non-hydrogen) atoms. The average molecular weight is 382 g/mol. The molecule has 0 radical (unpaired) electrons. The van der Waals surface area contributed by atoms with Gasteiger partial charge in [0, 0.05) is 12.7 Å². The molecule has 3 aromatic rings. The van der Waals surface area contributed by atoms with E-state index in [0.29, 0.717) is 23.9 Å². The van der Waals surface area contributed by atoms with E-state index in [1.807, 2.05) is 55.5 Å². The van der Waals surface area contributed by atoms with Crippen LogP contribution < -0.4 is 15.4 Å². The first-order chi connectivity index (χ1) is 13.1. The number of pyridine rings is 1. The Morgan fingerprint density at radius 1 is 1.11 bits per heavy atom. The summed E-state index contributed by atoms with van der Waals surface area (Å²) in [5.41, 5.74) is 3.40. The highest BCUT2D eigenvalue weighted by Crippen LogP contribution is 2.22. The largest absolute Gasteiger partial charge is 0.487 e. The zero-order valence-electron chi connectivity index (χ0n) is 14.9. The van der Waals surface area contributed by atoms with Crippen molar-refractivity contribution >= 4 is 23.3 Å². The minimum atomic E-state index is -0.319. The van der Waals surface area contributed by atoms with Crippen molar-refractivity contribution in [3.05, 3.63) is 88.7 Å². The van der Waals surface area contributed by atoms with Gasteiger partial charge in [-0.15, -0.1) is 0 Å². The summed E-state index contributed by atoms with van der Waals surface area (Å²) in [5.74, 6) is 0.724. The molecule has 138 valence electrons. The van der Waals surface area contributed by atoms with Crippen molar-refractivity contribution in [2.24, 2.45) is 0 Å². The van der Waals surface area contributed by atoms with Gasteiger partial charge in [-0.2, -0.15) is 0 Å². The van der Waals surface area contributed by atoms with Gasteiger partial charge in [-0.3, -0.25) is 4.98 Å². The topological polar surface area (TPSA) is 63.2 Å². The first-order valence-electron chi connectivity index (χ1n) is 8.53. The minimum absolute atomic E-state index is 0.319. The van der Waals surface area contributed by atoms with Crippen LogP contribution in [0.15, 0.2) is 66.9 Å². The van der Waals surface area contributed by atoms with Gasteiger partial charge in [-0.05, 0) is 54.4 Å². The second-order valence-electron chi connectivity index (χ2n) is 6.05. The summed E-state index contributed by atoms with van der Waals surface area (Å²) in [5, 5.41) is 6.07. The second-order valence-corrected chi connectivity index (χ2v) is 6.46. The molecule has 0 saturated carbocycles. The standard InChI is InChI=1S/C21H20ClN3O2/c1-15-8-9-20(19(22)11-15)25-21(26)24-13-16-5-4-7-18(12-16)27-14-17-6-2-3-10-23-17/h2-12H,13-14H2,1H3,(H2,24,25,26). The Bertz CT molecular complexity index is 916. The highest BCUT2D eigenvalue weighted by Gasteiger charge is 2.06. The lowest BCUT2D eigenvalue weighted by Crippen LogP contribution is -2.28. The zero-order valence-corrected chi connectivity index (χ0v) is 15.7. The van der Waals surface area contributed by atoms with Crippen LogP contribution in [0.2, 0.25) is 5.02 Å². The van der Waals surface area contributed by atoms with Crippen LogP contribution in [-0.2, 0) is 13.2 Å². The van der Waals surface area contributed by atoms with Crippen LogP contribution in [0.5, 0.6) is 5.75 Å². The molecule has 3 rings (SSSR count). The third-order valence-corrected chi connectivity index (χ3v) is 4.15. The Morgan fingerprint density at radius 3 is 2.78 bits per heavy atom. The number of aryl methyl sites for hydroxylation is 1. The van der Waals surface area contributed by atoms with Gasteiger partial charge in [0.05, 0.1) is 16.4 Å². The van der Waals surface area contributed by atoms with Crippen molar-refractivity contribution in [1.82, 2.24) is 10.3 Å². The number of nitrogens with one attached hydrogen (secondary N) is 2. The number of benzene rings is 2. The van der Waals surface area contributed by atoms with Crippen molar-refractivity contribution in [3.8, 4) is 5.75 Å². The maximum absolute atomic E-state index is 12.1. The summed E-state index contributed by atoms with van der Waals surface area (Å²) < 4.78 is 5.75. The fourth-order valence-electron chi connectivity index (χ4n) is 2.46. The smallest absolute Gasteiger partial charge is 0.319 e. The normalized spacial score (nSPS) is 10.3. The molecular weight excluding hydrogens is 362 g/mol. The van der Waals surface area contributed by atoms with Gasteiger partial charge in [0.1, 0.15) is 12.4 Å². The van der Waals surface area contributed by atoms with E-state index in [1.54, 1.807) is 18.3 Å². The monoisotopic (exact) mass is 381 g/mol. The Hall–Kier alpha value is -3.05. The number of aromatic nitrogens is 1. The minimum Gasteiger partial charge on any atom is -0.487 e. The number of carbonyl (C=O) groups is 1. The number of rotatable bonds is 6. The first kappa shape index (κ1) is 18.7. The van der Waals surface area contributed by atoms with Gasteiger partial charge in [-0.1, -0.05) is 35.9 Å². The molecule has 0 atom stereocenters. The predicted octanol–water partition coefficient (Wildman–Crippen LogP) is 4.94. The molecule has 0 saturated heterocycles. The molecular formula is C21H20ClN3O2. The van der Waals surface area contributed by atoms with E-state index in [2.05, 4.69) is 15.6 Å². The molecule has 6 heteroatoms. The van der Waals surface area contributed by atoms with Crippen molar-refractivity contribution in [2.75, 3.05) is 5.32 Å². The lowest BCUT2D eigenvalue weighted by atomic mass is 10.2. The fourth-order valence-corrected chi connectivity index (χ4v) is 2.74. The summed E-state index contributed by atoms with van der Waals surface area (Å²) >= 11 is 6.13. The van der Waals surface area contributed by atoms with Crippen molar-refractivity contribution in [2.45, 2.75) is 20.1 Å². The molecule has 0 fully saturated rings. The van der Waals surface area contributed by atoms with Crippen LogP contribution in [0.3, 0.4) is 0 Å². The molecule has 1 aromatic heterocycles. The quantitative estimate of drug-likeness (QED) is 0.635. The number of anilines is 1. The van der Waals surface area contributed by atoms with Crippen LogP contribution >= 0.6 is 11.6 Å². The average Bonchev–Trinajstić information content (AvgIpc) is 2.68. The number of nitrogens with zero attached hydrogens (tertiary/aromatic N) is 1. The summed E-state index contributed by atoms with van der Waals surface area (Å²) in [6.07, 6.45) is 1.73. The number of hydrogen-bond donors (Lipinski definition) is 2. The van der Waals surface area contributed by atoms with Crippen molar-refractivity contribution < 1.29 is 9.53 Å². The molecule has 0 aliphatic rings. The zero-order chi connectivity index (χ0) is 19.1. The van der Waals surface area contributed by atoms with Crippen LogP contribution in [-0.4, -0.2) is 11.0 Å². The van der Waals surface area contributed by atoms with Crippen molar-refractivity contribution in [3.63, 3.8) is 0 Å². The van der Waals surface area contributed by atoms with E-state index in [1.165, 1.54) is 0 Å². The summed E-state index contributed by atoms with van der Waals surface area (Å²) in [6, 6.07) is 18.4. The maximum Gasteiger partial charge on any atom is 0.319 e.